The third kappa shape index (κ3) is 3.42. The third-order valence-corrected chi connectivity index (χ3v) is 4.40. The number of rotatable bonds is 3. The van der Waals surface area contributed by atoms with Crippen LogP contribution in [0.2, 0.25) is 0 Å². The number of imidazole rings is 1. The molecule has 0 unspecified atom stereocenters. The van der Waals surface area contributed by atoms with E-state index in [1.807, 2.05) is 76.3 Å². The lowest BCUT2D eigenvalue weighted by atomic mass is 9.87. The summed E-state index contributed by atoms with van der Waals surface area (Å²) in [6.07, 6.45) is 0. The quantitative estimate of drug-likeness (QED) is 0.768. The predicted molar refractivity (Wildman–Crippen MR) is 102 cm³/mol. The number of aromatic nitrogens is 2. The standard InChI is InChI=1S/C20H24N4O/c1-20(2,3)17(21)19(25)22-14-10-11-16-15(12-14)23-18(24(16)4)13-8-6-5-7-9-13/h5-12,17H,21H2,1-4H3,(H,22,25)/t17-/m1/s1. The fourth-order valence-corrected chi connectivity index (χ4v) is 2.74. The van der Waals surface area contributed by atoms with Gasteiger partial charge in [-0.15, -0.1) is 0 Å². The van der Waals surface area contributed by atoms with Crippen LogP contribution in [0.15, 0.2) is 48.5 Å². The highest BCUT2D eigenvalue weighted by atomic mass is 16.2. The van der Waals surface area contributed by atoms with Gasteiger partial charge in [0.15, 0.2) is 0 Å². The Bertz CT molecular complexity index is 907. The number of fused-ring (bicyclic) bond motifs is 1. The average Bonchev–Trinajstić information content (AvgIpc) is 2.90. The Labute approximate surface area is 147 Å². The number of benzene rings is 2. The first-order chi connectivity index (χ1) is 11.8. The SMILES string of the molecule is Cn1c(-c2ccccc2)nc2cc(NC(=O)[C@@H](N)C(C)(C)C)ccc21. The molecule has 130 valence electrons. The molecule has 1 amide bonds. The first-order valence-corrected chi connectivity index (χ1v) is 8.36. The maximum absolute atomic E-state index is 12.3. The number of carbonyl (C=O) groups is 1. The molecule has 0 aliphatic heterocycles. The van der Waals surface area contributed by atoms with E-state index in [1.54, 1.807) is 0 Å². The molecule has 0 aliphatic rings. The molecule has 0 fully saturated rings. The zero-order chi connectivity index (χ0) is 18.2. The maximum atomic E-state index is 12.3. The van der Waals surface area contributed by atoms with E-state index in [-0.39, 0.29) is 11.3 Å². The van der Waals surface area contributed by atoms with E-state index in [0.29, 0.717) is 5.69 Å². The molecule has 3 N–H and O–H groups in total. The van der Waals surface area contributed by atoms with Gasteiger partial charge in [-0.2, -0.15) is 0 Å². The molecule has 0 radical (unpaired) electrons. The lowest BCUT2D eigenvalue weighted by Crippen LogP contribution is -2.45. The molecule has 1 aromatic heterocycles. The van der Waals surface area contributed by atoms with Gasteiger partial charge in [0, 0.05) is 18.3 Å². The van der Waals surface area contributed by atoms with E-state index in [4.69, 9.17) is 10.7 Å². The second-order valence-electron chi connectivity index (χ2n) is 7.40. The van der Waals surface area contributed by atoms with Crippen molar-refractivity contribution in [3.05, 3.63) is 48.5 Å². The summed E-state index contributed by atoms with van der Waals surface area (Å²) in [4.78, 5) is 17.1. The molecule has 5 nitrogen and oxygen atoms in total. The van der Waals surface area contributed by atoms with Gasteiger partial charge < -0.3 is 15.6 Å². The molecule has 5 heteroatoms. The molecule has 0 saturated heterocycles. The van der Waals surface area contributed by atoms with E-state index < -0.39 is 6.04 Å². The second-order valence-corrected chi connectivity index (χ2v) is 7.40. The Kier molecular flexibility index (Phi) is 4.35. The van der Waals surface area contributed by atoms with Gasteiger partial charge in [-0.05, 0) is 23.6 Å². The predicted octanol–water partition coefficient (Wildman–Crippen LogP) is 3.55. The number of amides is 1. The molecule has 0 aliphatic carbocycles. The minimum Gasteiger partial charge on any atom is -0.327 e. The lowest BCUT2D eigenvalue weighted by molar-refractivity contribution is -0.119. The van der Waals surface area contributed by atoms with Crippen molar-refractivity contribution >= 4 is 22.6 Å². The Balaban J connectivity index is 1.92. The van der Waals surface area contributed by atoms with E-state index >= 15 is 0 Å². The van der Waals surface area contributed by atoms with Gasteiger partial charge in [0.1, 0.15) is 5.82 Å². The minimum atomic E-state index is -0.577. The molecule has 1 atom stereocenters. The van der Waals surface area contributed by atoms with E-state index in [1.165, 1.54) is 0 Å². The van der Waals surface area contributed by atoms with Crippen LogP contribution in [0.5, 0.6) is 0 Å². The summed E-state index contributed by atoms with van der Waals surface area (Å²) < 4.78 is 2.05. The lowest BCUT2D eigenvalue weighted by Gasteiger charge is -2.25. The highest BCUT2D eigenvalue weighted by Gasteiger charge is 2.27. The van der Waals surface area contributed by atoms with Crippen LogP contribution in [0.4, 0.5) is 5.69 Å². The van der Waals surface area contributed by atoms with Crippen molar-refractivity contribution in [1.82, 2.24) is 9.55 Å². The number of hydrogen-bond donors (Lipinski definition) is 2. The molecule has 1 heterocycles. The number of carbonyl (C=O) groups excluding carboxylic acids is 1. The maximum Gasteiger partial charge on any atom is 0.241 e. The average molecular weight is 336 g/mol. The largest absolute Gasteiger partial charge is 0.327 e. The topological polar surface area (TPSA) is 72.9 Å². The second kappa shape index (κ2) is 6.33. The van der Waals surface area contributed by atoms with Gasteiger partial charge in [0.2, 0.25) is 5.91 Å². The number of aryl methyl sites for hydroxylation is 1. The van der Waals surface area contributed by atoms with Crippen molar-refractivity contribution in [1.29, 1.82) is 0 Å². The Morgan fingerprint density at radius 2 is 1.84 bits per heavy atom. The fourth-order valence-electron chi connectivity index (χ4n) is 2.74. The zero-order valence-electron chi connectivity index (χ0n) is 15.1. The zero-order valence-corrected chi connectivity index (χ0v) is 15.1. The van der Waals surface area contributed by atoms with E-state index in [2.05, 4.69) is 9.88 Å². The molecule has 3 rings (SSSR count). The number of hydrogen-bond acceptors (Lipinski definition) is 3. The van der Waals surface area contributed by atoms with Crippen molar-refractivity contribution in [2.45, 2.75) is 26.8 Å². The summed E-state index contributed by atoms with van der Waals surface area (Å²) in [5, 5.41) is 2.90. The fraction of sp³-hybridized carbons (Fsp3) is 0.300. The minimum absolute atomic E-state index is 0.189. The molecule has 25 heavy (non-hydrogen) atoms. The van der Waals surface area contributed by atoms with Crippen LogP contribution in [0, 0.1) is 5.41 Å². The summed E-state index contributed by atoms with van der Waals surface area (Å²) in [7, 11) is 1.99. The highest BCUT2D eigenvalue weighted by Crippen LogP contribution is 2.26. The number of nitrogens with two attached hydrogens (primary N) is 1. The van der Waals surface area contributed by atoms with Crippen molar-refractivity contribution < 1.29 is 4.79 Å². The first kappa shape index (κ1) is 17.2. The van der Waals surface area contributed by atoms with Crippen LogP contribution < -0.4 is 11.1 Å². The van der Waals surface area contributed by atoms with Crippen molar-refractivity contribution in [3.8, 4) is 11.4 Å². The molecule has 3 aromatic rings. The monoisotopic (exact) mass is 336 g/mol. The van der Waals surface area contributed by atoms with Crippen molar-refractivity contribution in [2.24, 2.45) is 18.2 Å². The highest BCUT2D eigenvalue weighted by molar-refractivity contribution is 5.97. The molecule has 0 spiro atoms. The van der Waals surface area contributed by atoms with Gasteiger partial charge in [-0.1, -0.05) is 51.1 Å². The normalized spacial score (nSPS) is 13.0. The smallest absolute Gasteiger partial charge is 0.241 e. The number of nitrogens with one attached hydrogen (secondary N) is 1. The van der Waals surface area contributed by atoms with Gasteiger partial charge >= 0.3 is 0 Å². The Hall–Kier alpha value is -2.66. The molecule has 2 aromatic carbocycles. The Morgan fingerprint density at radius 3 is 2.48 bits per heavy atom. The molecule has 0 bridgehead atoms. The number of anilines is 1. The molecular weight excluding hydrogens is 312 g/mol. The van der Waals surface area contributed by atoms with Gasteiger partial charge in [-0.25, -0.2) is 4.98 Å². The van der Waals surface area contributed by atoms with Crippen LogP contribution in [0.3, 0.4) is 0 Å². The van der Waals surface area contributed by atoms with E-state index in [9.17, 15) is 4.79 Å². The van der Waals surface area contributed by atoms with E-state index in [0.717, 1.165) is 22.4 Å². The first-order valence-electron chi connectivity index (χ1n) is 8.36. The summed E-state index contributed by atoms with van der Waals surface area (Å²) >= 11 is 0. The third-order valence-electron chi connectivity index (χ3n) is 4.40. The van der Waals surface area contributed by atoms with Crippen LogP contribution in [-0.4, -0.2) is 21.5 Å². The van der Waals surface area contributed by atoms with Crippen molar-refractivity contribution in [2.75, 3.05) is 5.32 Å². The Morgan fingerprint density at radius 1 is 1.16 bits per heavy atom. The summed E-state index contributed by atoms with van der Waals surface area (Å²) in [5.41, 5.74) is 9.34. The summed E-state index contributed by atoms with van der Waals surface area (Å²) in [6, 6.07) is 15.2. The summed E-state index contributed by atoms with van der Waals surface area (Å²) in [6.45, 7) is 5.85. The van der Waals surface area contributed by atoms with Crippen molar-refractivity contribution in [3.63, 3.8) is 0 Å². The molecular formula is C20H24N4O. The van der Waals surface area contributed by atoms with Crippen LogP contribution >= 0.6 is 0 Å². The molecule has 0 saturated carbocycles. The number of nitrogens with zero attached hydrogens (tertiary/aromatic N) is 2. The van der Waals surface area contributed by atoms with Crippen LogP contribution in [0.1, 0.15) is 20.8 Å². The van der Waals surface area contributed by atoms with Crippen LogP contribution in [-0.2, 0) is 11.8 Å². The van der Waals surface area contributed by atoms with Gasteiger partial charge in [-0.3, -0.25) is 4.79 Å². The summed E-state index contributed by atoms with van der Waals surface area (Å²) in [5.74, 6) is 0.705. The van der Waals surface area contributed by atoms with Gasteiger partial charge in [0.05, 0.1) is 17.1 Å². The van der Waals surface area contributed by atoms with Gasteiger partial charge in [0.25, 0.3) is 0 Å². The van der Waals surface area contributed by atoms with Crippen LogP contribution in [0.25, 0.3) is 22.4 Å².